The van der Waals surface area contributed by atoms with Crippen molar-refractivity contribution in [3.8, 4) is 0 Å². The Morgan fingerprint density at radius 3 is 2.88 bits per heavy atom. The number of benzene rings is 1. The lowest BCUT2D eigenvalue weighted by atomic mass is 10.3. The van der Waals surface area contributed by atoms with Gasteiger partial charge in [-0.05, 0) is 25.1 Å². The quantitative estimate of drug-likeness (QED) is 0.826. The highest BCUT2D eigenvalue weighted by molar-refractivity contribution is 7.18. The maximum Gasteiger partial charge on any atom is 0.321 e. The molecule has 0 saturated heterocycles. The first-order valence-electron chi connectivity index (χ1n) is 4.92. The Balaban J connectivity index is 2.29. The number of hydrogen-bond acceptors (Lipinski definition) is 3. The summed E-state index contributed by atoms with van der Waals surface area (Å²) in [6.07, 6.45) is 0. The monoisotopic (exact) mass is 235 g/mol. The van der Waals surface area contributed by atoms with Crippen molar-refractivity contribution in [2.24, 2.45) is 0 Å². The van der Waals surface area contributed by atoms with Crippen molar-refractivity contribution < 1.29 is 4.79 Å². The summed E-state index contributed by atoms with van der Waals surface area (Å²) < 4.78 is 1.09. The Morgan fingerprint density at radius 1 is 1.44 bits per heavy atom. The predicted octanol–water partition coefficient (Wildman–Crippen LogP) is 2.70. The molecule has 0 aliphatic carbocycles. The highest BCUT2D eigenvalue weighted by atomic mass is 32.1. The molecule has 0 radical (unpaired) electrons. The lowest BCUT2D eigenvalue weighted by Gasteiger charge is -2.11. The summed E-state index contributed by atoms with van der Waals surface area (Å²) in [6.45, 7) is 1.97. The van der Waals surface area contributed by atoms with Crippen LogP contribution in [-0.2, 0) is 0 Å². The lowest BCUT2D eigenvalue weighted by molar-refractivity contribution is 0.230. The van der Waals surface area contributed by atoms with Crippen molar-refractivity contribution in [3.63, 3.8) is 0 Å². The van der Waals surface area contributed by atoms with Gasteiger partial charge in [0.15, 0.2) is 0 Å². The zero-order valence-corrected chi connectivity index (χ0v) is 10.3. The van der Waals surface area contributed by atoms with Crippen molar-refractivity contribution in [3.05, 3.63) is 23.2 Å². The van der Waals surface area contributed by atoms with E-state index < -0.39 is 0 Å². The molecular formula is C11H13N3OS. The van der Waals surface area contributed by atoms with Crippen LogP contribution in [0.1, 0.15) is 5.01 Å². The summed E-state index contributed by atoms with van der Waals surface area (Å²) in [5.74, 6) is 0. The molecule has 1 aromatic heterocycles. The van der Waals surface area contributed by atoms with Crippen LogP contribution in [0.3, 0.4) is 0 Å². The van der Waals surface area contributed by atoms with E-state index in [1.54, 1.807) is 25.4 Å². The van der Waals surface area contributed by atoms with Crippen molar-refractivity contribution in [1.29, 1.82) is 0 Å². The Kier molecular flexibility index (Phi) is 2.78. The van der Waals surface area contributed by atoms with Gasteiger partial charge in [-0.3, -0.25) is 0 Å². The SMILES string of the molecule is Cc1nc2ccc(NC(=O)N(C)C)cc2s1. The smallest absolute Gasteiger partial charge is 0.321 e. The van der Waals surface area contributed by atoms with E-state index in [1.807, 2.05) is 25.1 Å². The van der Waals surface area contributed by atoms with Gasteiger partial charge in [0.25, 0.3) is 0 Å². The van der Waals surface area contributed by atoms with Crippen LogP contribution in [0.2, 0.25) is 0 Å². The molecule has 0 bridgehead atoms. The van der Waals surface area contributed by atoms with Gasteiger partial charge >= 0.3 is 6.03 Å². The summed E-state index contributed by atoms with van der Waals surface area (Å²) in [4.78, 5) is 17.3. The third kappa shape index (κ3) is 2.14. The first-order chi connectivity index (χ1) is 7.56. The summed E-state index contributed by atoms with van der Waals surface area (Å²) in [5, 5.41) is 3.84. The second-order valence-corrected chi connectivity index (χ2v) is 4.97. The van der Waals surface area contributed by atoms with E-state index in [2.05, 4.69) is 10.3 Å². The first-order valence-corrected chi connectivity index (χ1v) is 5.73. The molecule has 2 amide bonds. The maximum atomic E-state index is 11.5. The number of nitrogens with zero attached hydrogens (tertiary/aromatic N) is 2. The molecule has 0 spiro atoms. The average molecular weight is 235 g/mol. The van der Waals surface area contributed by atoms with Crippen LogP contribution in [0.15, 0.2) is 18.2 Å². The molecular weight excluding hydrogens is 222 g/mol. The number of nitrogens with one attached hydrogen (secondary N) is 1. The molecule has 0 saturated carbocycles. The number of urea groups is 1. The van der Waals surface area contributed by atoms with Crippen molar-refractivity contribution >= 4 is 33.3 Å². The van der Waals surface area contributed by atoms with Crippen molar-refractivity contribution in [2.75, 3.05) is 19.4 Å². The molecule has 0 aliphatic rings. The molecule has 16 heavy (non-hydrogen) atoms. The van der Waals surface area contributed by atoms with Crippen LogP contribution in [0.5, 0.6) is 0 Å². The van der Waals surface area contributed by atoms with E-state index in [1.165, 1.54) is 4.90 Å². The first kappa shape index (κ1) is 10.9. The minimum atomic E-state index is -0.124. The fourth-order valence-electron chi connectivity index (χ4n) is 1.35. The second kappa shape index (κ2) is 4.09. The van der Waals surface area contributed by atoms with E-state index in [0.29, 0.717) is 0 Å². The summed E-state index contributed by atoms with van der Waals surface area (Å²) >= 11 is 1.63. The van der Waals surface area contributed by atoms with Crippen LogP contribution in [0.4, 0.5) is 10.5 Å². The number of rotatable bonds is 1. The standard InChI is InChI=1S/C11H13N3OS/c1-7-12-9-5-4-8(6-10(9)16-7)13-11(15)14(2)3/h4-6H,1-3H3,(H,13,15). The number of hydrogen-bond donors (Lipinski definition) is 1. The Labute approximate surface area is 97.9 Å². The summed E-state index contributed by atoms with van der Waals surface area (Å²) in [7, 11) is 3.43. The van der Waals surface area contributed by atoms with E-state index in [0.717, 1.165) is 20.9 Å². The molecule has 0 unspecified atom stereocenters. The molecule has 84 valence electrons. The minimum Gasteiger partial charge on any atom is -0.331 e. The maximum absolute atomic E-state index is 11.5. The normalized spacial score (nSPS) is 10.4. The number of aryl methyl sites for hydroxylation is 1. The Morgan fingerprint density at radius 2 is 2.19 bits per heavy atom. The highest BCUT2D eigenvalue weighted by Gasteiger charge is 2.06. The third-order valence-corrected chi connectivity index (χ3v) is 3.09. The second-order valence-electron chi connectivity index (χ2n) is 3.74. The van der Waals surface area contributed by atoms with E-state index in [4.69, 9.17) is 0 Å². The molecule has 5 heteroatoms. The van der Waals surface area contributed by atoms with Gasteiger partial charge in [0.05, 0.1) is 15.2 Å². The molecule has 1 N–H and O–H groups in total. The third-order valence-electron chi connectivity index (χ3n) is 2.15. The molecule has 2 rings (SSSR count). The summed E-state index contributed by atoms with van der Waals surface area (Å²) in [5.41, 5.74) is 1.78. The average Bonchev–Trinajstić information content (AvgIpc) is 2.57. The fourth-order valence-corrected chi connectivity index (χ4v) is 2.22. The lowest BCUT2D eigenvalue weighted by Crippen LogP contribution is -2.27. The number of carbonyl (C=O) groups is 1. The van der Waals surface area contributed by atoms with E-state index >= 15 is 0 Å². The van der Waals surface area contributed by atoms with Crippen LogP contribution in [0.25, 0.3) is 10.2 Å². The van der Waals surface area contributed by atoms with Gasteiger partial charge in [0, 0.05) is 19.8 Å². The number of aromatic nitrogens is 1. The Bertz CT molecular complexity index is 533. The van der Waals surface area contributed by atoms with Crippen molar-refractivity contribution in [2.45, 2.75) is 6.92 Å². The zero-order chi connectivity index (χ0) is 11.7. The zero-order valence-electron chi connectivity index (χ0n) is 9.44. The van der Waals surface area contributed by atoms with Crippen LogP contribution < -0.4 is 5.32 Å². The van der Waals surface area contributed by atoms with Gasteiger partial charge in [-0.2, -0.15) is 0 Å². The molecule has 2 aromatic rings. The van der Waals surface area contributed by atoms with Crippen LogP contribution in [0, 0.1) is 6.92 Å². The predicted molar refractivity (Wildman–Crippen MR) is 67.1 cm³/mol. The van der Waals surface area contributed by atoms with E-state index in [-0.39, 0.29) is 6.03 Å². The van der Waals surface area contributed by atoms with Crippen LogP contribution >= 0.6 is 11.3 Å². The number of fused-ring (bicyclic) bond motifs is 1. The molecule has 4 nitrogen and oxygen atoms in total. The number of thiazole rings is 1. The number of carbonyl (C=O) groups excluding carboxylic acids is 1. The topological polar surface area (TPSA) is 45.2 Å². The number of anilines is 1. The minimum absolute atomic E-state index is 0.124. The van der Waals surface area contributed by atoms with Crippen molar-refractivity contribution in [1.82, 2.24) is 9.88 Å². The van der Waals surface area contributed by atoms with Gasteiger partial charge in [-0.25, -0.2) is 9.78 Å². The Hall–Kier alpha value is -1.62. The van der Waals surface area contributed by atoms with Gasteiger partial charge in [-0.15, -0.1) is 11.3 Å². The van der Waals surface area contributed by atoms with Gasteiger partial charge in [-0.1, -0.05) is 0 Å². The molecule has 0 fully saturated rings. The highest BCUT2D eigenvalue weighted by Crippen LogP contribution is 2.24. The molecule has 1 heterocycles. The molecule has 0 aliphatic heterocycles. The molecule has 1 aromatic carbocycles. The van der Waals surface area contributed by atoms with E-state index in [9.17, 15) is 4.79 Å². The summed E-state index contributed by atoms with van der Waals surface area (Å²) in [6, 6.07) is 5.61. The van der Waals surface area contributed by atoms with Gasteiger partial charge in [0.1, 0.15) is 0 Å². The largest absolute Gasteiger partial charge is 0.331 e. The van der Waals surface area contributed by atoms with Crippen LogP contribution in [-0.4, -0.2) is 30.0 Å². The molecule has 0 atom stereocenters. The fraction of sp³-hybridized carbons (Fsp3) is 0.273. The van der Waals surface area contributed by atoms with Gasteiger partial charge in [0.2, 0.25) is 0 Å². The van der Waals surface area contributed by atoms with Gasteiger partial charge < -0.3 is 10.2 Å². The number of amides is 2.